The number of nitrogens with two attached hydrogens (primary N) is 1. The topological polar surface area (TPSA) is 49.6 Å². The van der Waals surface area contributed by atoms with Gasteiger partial charge in [0.25, 0.3) is 0 Å². The quantitative estimate of drug-likeness (QED) is 0.921. The van der Waals surface area contributed by atoms with E-state index in [9.17, 15) is 4.79 Å². The molecule has 0 saturated carbocycles. The maximum Gasteiger partial charge on any atom is 0.221 e. The number of rotatable bonds is 3. The van der Waals surface area contributed by atoms with Crippen molar-refractivity contribution >= 4 is 5.91 Å². The zero-order valence-electron chi connectivity index (χ0n) is 14.5. The van der Waals surface area contributed by atoms with E-state index in [2.05, 4.69) is 34.1 Å². The predicted molar refractivity (Wildman–Crippen MR) is 95.7 cm³/mol. The minimum atomic E-state index is -0.110. The number of hydrogen-bond acceptors (Lipinski definition) is 3. The van der Waals surface area contributed by atoms with Crippen LogP contribution in [0.5, 0.6) is 0 Å². The van der Waals surface area contributed by atoms with Crippen molar-refractivity contribution in [2.24, 2.45) is 11.7 Å². The average molecular weight is 327 g/mol. The van der Waals surface area contributed by atoms with Crippen LogP contribution < -0.4 is 5.73 Å². The molecule has 2 fully saturated rings. The van der Waals surface area contributed by atoms with E-state index in [-0.39, 0.29) is 11.8 Å². The molecule has 0 aromatic heterocycles. The molecular weight excluding hydrogens is 298 g/mol. The molecule has 4 nitrogen and oxygen atoms in total. The Kier molecular flexibility index (Phi) is 4.59. The molecule has 0 spiro atoms. The molecule has 1 aromatic carbocycles. The van der Waals surface area contributed by atoms with Crippen molar-refractivity contribution in [2.75, 3.05) is 26.2 Å². The smallest absolute Gasteiger partial charge is 0.221 e. The summed E-state index contributed by atoms with van der Waals surface area (Å²) in [5.41, 5.74) is 8.62. The van der Waals surface area contributed by atoms with Crippen LogP contribution >= 0.6 is 0 Å². The van der Waals surface area contributed by atoms with E-state index < -0.39 is 0 Å². The summed E-state index contributed by atoms with van der Waals surface area (Å²) in [6, 6.07) is 10.3. The number of amides is 1. The highest BCUT2D eigenvalue weighted by Gasteiger charge is 2.33. The molecule has 1 atom stereocenters. The highest BCUT2D eigenvalue weighted by atomic mass is 16.1. The largest absolute Gasteiger partial charge is 0.369 e. The van der Waals surface area contributed by atoms with Crippen molar-refractivity contribution in [3.63, 3.8) is 0 Å². The van der Waals surface area contributed by atoms with Gasteiger partial charge in [-0.1, -0.05) is 24.3 Å². The number of benzene rings is 1. The van der Waals surface area contributed by atoms with Crippen LogP contribution in [0.2, 0.25) is 0 Å². The van der Waals surface area contributed by atoms with E-state index in [1.54, 1.807) is 11.1 Å². The van der Waals surface area contributed by atoms with Crippen LogP contribution in [0.15, 0.2) is 24.3 Å². The summed E-state index contributed by atoms with van der Waals surface area (Å²) in [7, 11) is 0. The lowest BCUT2D eigenvalue weighted by Gasteiger charge is -2.43. The first kappa shape index (κ1) is 16.1. The molecule has 24 heavy (non-hydrogen) atoms. The van der Waals surface area contributed by atoms with Crippen LogP contribution in [0.3, 0.4) is 0 Å². The minimum Gasteiger partial charge on any atom is -0.369 e. The molecule has 4 rings (SSSR count). The van der Waals surface area contributed by atoms with Crippen molar-refractivity contribution in [3.8, 4) is 0 Å². The van der Waals surface area contributed by atoms with Gasteiger partial charge in [-0.15, -0.1) is 0 Å². The van der Waals surface area contributed by atoms with Gasteiger partial charge >= 0.3 is 0 Å². The van der Waals surface area contributed by atoms with Gasteiger partial charge in [-0.3, -0.25) is 14.6 Å². The number of carbonyl (C=O) groups is 1. The predicted octanol–water partition coefficient (Wildman–Crippen LogP) is 1.82. The van der Waals surface area contributed by atoms with Crippen LogP contribution in [-0.2, 0) is 17.6 Å². The number of nitrogens with zero attached hydrogens (tertiary/aromatic N) is 2. The Morgan fingerprint density at radius 1 is 0.917 bits per heavy atom. The molecule has 3 aliphatic rings. The number of likely N-dealkylation sites (tertiary alicyclic amines) is 2. The molecule has 1 amide bonds. The zero-order chi connectivity index (χ0) is 16.5. The third-order valence-corrected chi connectivity index (χ3v) is 6.42. The molecular formula is C20H29N3O. The van der Waals surface area contributed by atoms with Crippen LogP contribution in [-0.4, -0.2) is 54.0 Å². The number of hydrogen-bond donors (Lipinski definition) is 1. The summed E-state index contributed by atoms with van der Waals surface area (Å²) in [6.45, 7) is 4.42. The van der Waals surface area contributed by atoms with Crippen molar-refractivity contribution < 1.29 is 4.79 Å². The summed E-state index contributed by atoms with van der Waals surface area (Å²) in [5, 5.41) is 0. The Morgan fingerprint density at radius 3 is 2.21 bits per heavy atom. The van der Waals surface area contributed by atoms with Gasteiger partial charge in [0, 0.05) is 18.6 Å². The van der Waals surface area contributed by atoms with E-state index in [1.165, 1.54) is 38.8 Å². The summed E-state index contributed by atoms with van der Waals surface area (Å²) in [6.07, 6.45) is 7.00. The SMILES string of the molecule is NC(=O)[C@H]1CCCN(C2CCN(C3Cc4ccccc4C3)CC2)C1. The lowest BCUT2D eigenvalue weighted by atomic mass is 9.93. The highest BCUT2D eigenvalue weighted by Crippen LogP contribution is 2.29. The van der Waals surface area contributed by atoms with Crippen molar-refractivity contribution in [1.29, 1.82) is 0 Å². The Morgan fingerprint density at radius 2 is 1.58 bits per heavy atom. The van der Waals surface area contributed by atoms with Gasteiger partial charge in [0.05, 0.1) is 5.92 Å². The first-order valence-electron chi connectivity index (χ1n) is 9.55. The lowest BCUT2D eigenvalue weighted by molar-refractivity contribution is -0.123. The number of fused-ring (bicyclic) bond motifs is 1. The molecule has 1 aliphatic carbocycles. The molecule has 130 valence electrons. The Balaban J connectivity index is 1.30. The molecule has 0 radical (unpaired) electrons. The summed E-state index contributed by atoms with van der Waals surface area (Å²) in [5.74, 6) is -0.0398. The fourth-order valence-electron chi connectivity index (χ4n) is 4.98. The Hall–Kier alpha value is -1.39. The van der Waals surface area contributed by atoms with Gasteiger partial charge in [-0.2, -0.15) is 0 Å². The number of piperidine rings is 2. The fraction of sp³-hybridized carbons (Fsp3) is 0.650. The average Bonchev–Trinajstić information content (AvgIpc) is 3.06. The van der Waals surface area contributed by atoms with Gasteiger partial charge in [0.2, 0.25) is 5.91 Å². The van der Waals surface area contributed by atoms with E-state index >= 15 is 0 Å². The van der Waals surface area contributed by atoms with Crippen LogP contribution in [0.4, 0.5) is 0 Å². The second-order valence-electron chi connectivity index (χ2n) is 7.83. The fourth-order valence-corrected chi connectivity index (χ4v) is 4.98. The van der Waals surface area contributed by atoms with Gasteiger partial charge in [0.15, 0.2) is 0 Å². The molecule has 2 aliphatic heterocycles. The Bertz CT molecular complexity index is 569. The van der Waals surface area contributed by atoms with Crippen LogP contribution in [0.1, 0.15) is 36.8 Å². The molecule has 0 unspecified atom stereocenters. The summed E-state index contributed by atoms with van der Waals surface area (Å²) < 4.78 is 0. The van der Waals surface area contributed by atoms with Crippen molar-refractivity contribution in [2.45, 2.75) is 50.6 Å². The first-order valence-corrected chi connectivity index (χ1v) is 9.55. The van der Waals surface area contributed by atoms with Gasteiger partial charge in [-0.25, -0.2) is 0 Å². The second kappa shape index (κ2) is 6.85. The molecule has 2 N–H and O–H groups in total. The normalized spacial score (nSPS) is 27.2. The molecule has 4 heteroatoms. The van der Waals surface area contributed by atoms with Gasteiger partial charge < -0.3 is 5.73 Å². The Labute approximate surface area is 145 Å². The van der Waals surface area contributed by atoms with Crippen molar-refractivity contribution in [1.82, 2.24) is 9.80 Å². The maximum absolute atomic E-state index is 11.5. The first-order chi connectivity index (χ1) is 11.7. The van der Waals surface area contributed by atoms with E-state index in [1.807, 2.05) is 0 Å². The standard InChI is InChI=1S/C20H29N3O/c21-20(24)17-6-3-9-23(14-17)18-7-10-22(11-8-18)19-12-15-4-1-2-5-16(15)13-19/h1-2,4-5,17-19H,3,6-14H2,(H2,21,24)/t17-/m0/s1. The van der Waals surface area contributed by atoms with E-state index in [4.69, 9.17) is 5.73 Å². The third kappa shape index (κ3) is 3.22. The molecule has 2 heterocycles. The molecule has 0 bridgehead atoms. The number of primary amides is 1. The second-order valence-corrected chi connectivity index (χ2v) is 7.83. The summed E-state index contributed by atoms with van der Waals surface area (Å²) in [4.78, 5) is 16.7. The van der Waals surface area contributed by atoms with Crippen LogP contribution in [0, 0.1) is 5.92 Å². The maximum atomic E-state index is 11.5. The molecule has 2 saturated heterocycles. The van der Waals surface area contributed by atoms with Gasteiger partial charge in [-0.05, 0) is 69.3 Å². The zero-order valence-corrected chi connectivity index (χ0v) is 14.5. The minimum absolute atomic E-state index is 0.0705. The van der Waals surface area contributed by atoms with Crippen molar-refractivity contribution in [3.05, 3.63) is 35.4 Å². The molecule has 1 aromatic rings. The monoisotopic (exact) mass is 327 g/mol. The van der Waals surface area contributed by atoms with E-state index in [0.29, 0.717) is 12.1 Å². The highest BCUT2D eigenvalue weighted by molar-refractivity contribution is 5.76. The third-order valence-electron chi connectivity index (χ3n) is 6.42. The lowest BCUT2D eigenvalue weighted by Crippen LogP contribution is -2.52. The number of carbonyl (C=O) groups excluding carboxylic acids is 1. The van der Waals surface area contributed by atoms with Crippen LogP contribution in [0.25, 0.3) is 0 Å². The van der Waals surface area contributed by atoms with E-state index in [0.717, 1.165) is 25.9 Å². The van der Waals surface area contributed by atoms with Gasteiger partial charge in [0.1, 0.15) is 0 Å². The summed E-state index contributed by atoms with van der Waals surface area (Å²) >= 11 is 0.